The average molecular weight is 593 g/mol. The van der Waals surface area contributed by atoms with Crippen LogP contribution in [0.1, 0.15) is 34.0 Å². The van der Waals surface area contributed by atoms with Crippen LogP contribution in [0.25, 0.3) is 5.69 Å². The van der Waals surface area contributed by atoms with Gasteiger partial charge in [-0.15, -0.1) is 37.2 Å². The Morgan fingerprint density at radius 1 is 1.00 bits per heavy atom. The number of benzene rings is 2. The number of nitrogens with zero attached hydrogens (tertiary/aromatic N) is 4. The first-order chi connectivity index (χ1) is 16.3. The third-order valence-corrected chi connectivity index (χ3v) is 6.87. The van der Waals surface area contributed by atoms with Crippen LogP contribution in [0, 0.1) is 26.6 Å². The van der Waals surface area contributed by atoms with Crippen molar-refractivity contribution in [2.45, 2.75) is 27.2 Å². The summed E-state index contributed by atoms with van der Waals surface area (Å²) in [6, 6.07) is 12.3. The number of nitrogens with one attached hydrogen (secondary N) is 1. The first kappa shape index (κ1) is 33.0. The van der Waals surface area contributed by atoms with Crippen LogP contribution >= 0.6 is 48.8 Å². The summed E-state index contributed by atoms with van der Waals surface area (Å²) in [6.07, 6.45) is 0.874. The molecule has 2 heterocycles. The fraction of sp³-hybridized carbons (Fsp3) is 0.385. The van der Waals surface area contributed by atoms with Gasteiger partial charge in [0.15, 0.2) is 0 Å². The van der Waals surface area contributed by atoms with Gasteiger partial charge in [-0.3, -0.25) is 9.69 Å². The minimum Gasteiger partial charge on any atom is -0.369 e. The van der Waals surface area contributed by atoms with E-state index in [1.165, 1.54) is 17.8 Å². The van der Waals surface area contributed by atoms with E-state index in [-0.39, 0.29) is 48.9 Å². The number of halogens is 5. The third-order valence-electron chi connectivity index (χ3n) is 6.46. The molecule has 0 aliphatic carbocycles. The zero-order chi connectivity index (χ0) is 24.2. The number of hydrogen-bond donors (Lipinski definition) is 1. The minimum atomic E-state index is -0.293. The van der Waals surface area contributed by atoms with Gasteiger partial charge in [-0.1, -0.05) is 17.7 Å². The van der Waals surface area contributed by atoms with E-state index in [0.29, 0.717) is 18.1 Å². The van der Waals surface area contributed by atoms with Crippen LogP contribution in [0.3, 0.4) is 0 Å². The maximum absolute atomic E-state index is 13.3. The second-order valence-corrected chi connectivity index (χ2v) is 9.13. The molecule has 0 atom stereocenters. The fourth-order valence-electron chi connectivity index (χ4n) is 4.57. The van der Waals surface area contributed by atoms with Crippen molar-refractivity contribution >= 4 is 60.4 Å². The first-order valence-corrected chi connectivity index (χ1v) is 12.1. The number of carbonyl (C=O) groups is 1. The molecule has 6 nitrogen and oxygen atoms in total. The van der Waals surface area contributed by atoms with Gasteiger partial charge in [0, 0.05) is 49.1 Å². The van der Waals surface area contributed by atoms with Crippen molar-refractivity contribution in [3.63, 3.8) is 0 Å². The Morgan fingerprint density at radius 2 is 1.65 bits per heavy atom. The summed E-state index contributed by atoms with van der Waals surface area (Å²) in [6.45, 7) is 11.2. The van der Waals surface area contributed by atoms with Crippen molar-refractivity contribution in [2.24, 2.45) is 0 Å². The number of piperazine rings is 1. The Kier molecular flexibility index (Phi) is 13.2. The van der Waals surface area contributed by atoms with Gasteiger partial charge in [0.05, 0.1) is 5.69 Å². The van der Waals surface area contributed by atoms with Crippen LogP contribution in [-0.2, 0) is 0 Å². The summed E-state index contributed by atoms with van der Waals surface area (Å²) in [4.78, 5) is 22.0. The average Bonchev–Trinajstić information content (AvgIpc) is 3.13. The van der Waals surface area contributed by atoms with E-state index in [2.05, 4.69) is 33.1 Å². The lowest BCUT2D eigenvalue weighted by atomic mass is 10.1. The van der Waals surface area contributed by atoms with Crippen molar-refractivity contribution in [1.29, 1.82) is 0 Å². The molecule has 37 heavy (non-hydrogen) atoms. The molecular weight excluding hydrogens is 559 g/mol. The summed E-state index contributed by atoms with van der Waals surface area (Å²) in [5.74, 6) is 0.225. The molecule has 0 spiro atoms. The monoisotopic (exact) mass is 591 g/mol. The van der Waals surface area contributed by atoms with Gasteiger partial charge in [-0.05, 0) is 75.7 Å². The maximum atomic E-state index is 13.3. The van der Waals surface area contributed by atoms with Gasteiger partial charge in [-0.2, -0.15) is 0 Å². The van der Waals surface area contributed by atoms with Crippen molar-refractivity contribution in [1.82, 2.24) is 19.8 Å². The summed E-state index contributed by atoms with van der Waals surface area (Å²) in [5.41, 5.74) is 4.29. The van der Waals surface area contributed by atoms with E-state index >= 15 is 0 Å². The maximum Gasteiger partial charge on any atom is 0.271 e. The Hall–Kier alpha value is -2.03. The highest BCUT2D eigenvalue weighted by atomic mass is 35.5. The Labute approximate surface area is 241 Å². The van der Waals surface area contributed by atoms with Gasteiger partial charge in [-0.25, -0.2) is 9.37 Å². The predicted molar refractivity (Wildman–Crippen MR) is 157 cm³/mol. The summed E-state index contributed by atoms with van der Waals surface area (Å²) < 4.78 is 15.1. The van der Waals surface area contributed by atoms with Crippen LogP contribution < -0.4 is 10.2 Å². The molecule has 1 saturated heterocycles. The Balaban J connectivity index is 0.00000228. The van der Waals surface area contributed by atoms with Crippen molar-refractivity contribution in [2.75, 3.05) is 44.2 Å². The number of anilines is 1. The molecule has 4 rings (SSSR count). The molecule has 11 heteroatoms. The number of aryl methyl sites for hydroxylation is 1. The van der Waals surface area contributed by atoms with Gasteiger partial charge in [0.1, 0.15) is 17.3 Å². The van der Waals surface area contributed by atoms with E-state index in [1.54, 1.807) is 12.1 Å². The zero-order valence-corrected chi connectivity index (χ0v) is 24.4. The molecule has 1 fully saturated rings. The number of rotatable bonds is 7. The second kappa shape index (κ2) is 14.8. The summed E-state index contributed by atoms with van der Waals surface area (Å²) in [5, 5.41) is 3.81. The zero-order valence-electron chi connectivity index (χ0n) is 21.2. The van der Waals surface area contributed by atoms with Crippen LogP contribution in [0.5, 0.6) is 0 Å². The van der Waals surface area contributed by atoms with Crippen molar-refractivity contribution in [3.8, 4) is 5.69 Å². The topological polar surface area (TPSA) is 53.4 Å². The first-order valence-electron chi connectivity index (χ1n) is 11.7. The molecule has 0 saturated carbocycles. The molecular formula is C26H34Cl4FN5O. The summed E-state index contributed by atoms with van der Waals surface area (Å²) >= 11 is 6.28. The normalized spacial score (nSPS) is 13.3. The number of hydrogen-bond acceptors (Lipinski definition) is 4. The van der Waals surface area contributed by atoms with Crippen molar-refractivity contribution < 1.29 is 9.18 Å². The van der Waals surface area contributed by atoms with E-state index in [1.807, 2.05) is 30.5 Å². The SMILES string of the molecule is Cc1c(Cl)cccc1N1CCN(CCCNC(=O)c2nc(C)n(-c3ccc(F)cc3)c2C)CC1.Cl.Cl.Cl. The van der Waals surface area contributed by atoms with Crippen molar-refractivity contribution in [3.05, 3.63) is 76.1 Å². The lowest BCUT2D eigenvalue weighted by Crippen LogP contribution is -2.47. The van der Waals surface area contributed by atoms with E-state index in [9.17, 15) is 9.18 Å². The van der Waals surface area contributed by atoms with Gasteiger partial charge in [0.25, 0.3) is 5.91 Å². The molecule has 1 N–H and O–H groups in total. The highest BCUT2D eigenvalue weighted by molar-refractivity contribution is 6.31. The smallest absolute Gasteiger partial charge is 0.271 e. The standard InChI is InChI=1S/C26H31ClFN5O.3ClH/c1-18-23(27)6-4-7-24(18)32-16-14-31(15-17-32)13-5-12-29-26(34)25-19(2)33(20(3)30-25)22-10-8-21(28)9-11-22;;;/h4,6-11H,5,12-17H2,1-3H3,(H,29,34);3*1H. The molecule has 1 amide bonds. The van der Waals surface area contributed by atoms with E-state index in [4.69, 9.17) is 11.6 Å². The molecule has 3 aromatic rings. The quantitative estimate of drug-likeness (QED) is 0.352. The second-order valence-electron chi connectivity index (χ2n) is 8.73. The van der Waals surface area contributed by atoms with E-state index < -0.39 is 0 Å². The number of amides is 1. The summed E-state index contributed by atoms with van der Waals surface area (Å²) in [7, 11) is 0. The minimum absolute atomic E-state index is 0. The molecule has 0 radical (unpaired) electrons. The molecule has 0 bridgehead atoms. The molecule has 2 aromatic carbocycles. The van der Waals surface area contributed by atoms with E-state index in [0.717, 1.165) is 61.1 Å². The Bertz CT molecular complexity index is 1160. The van der Waals surface area contributed by atoms with Crippen LogP contribution in [0.4, 0.5) is 10.1 Å². The highest BCUT2D eigenvalue weighted by Gasteiger charge is 2.20. The van der Waals surface area contributed by atoms with Gasteiger partial charge < -0.3 is 14.8 Å². The number of carbonyl (C=O) groups excluding carboxylic acids is 1. The lowest BCUT2D eigenvalue weighted by Gasteiger charge is -2.37. The van der Waals surface area contributed by atoms with Crippen LogP contribution in [-0.4, -0.2) is 59.6 Å². The highest BCUT2D eigenvalue weighted by Crippen LogP contribution is 2.27. The predicted octanol–water partition coefficient (Wildman–Crippen LogP) is 5.80. The number of aromatic nitrogens is 2. The van der Waals surface area contributed by atoms with Crippen LogP contribution in [0.15, 0.2) is 42.5 Å². The molecule has 1 aliphatic heterocycles. The molecule has 1 aliphatic rings. The Morgan fingerprint density at radius 3 is 2.30 bits per heavy atom. The van der Waals surface area contributed by atoms with Gasteiger partial charge in [0.2, 0.25) is 0 Å². The third kappa shape index (κ3) is 7.74. The van der Waals surface area contributed by atoms with Crippen LogP contribution in [0.2, 0.25) is 5.02 Å². The number of imidazole rings is 1. The van der Waals surface area contributed by atoms with Gasteiger partial charge >= 0.3 is 0 Å². The lowest BCUT2D eigenvalue weighted by molar-refractivity contribution is 0.0946. The molecule has 1 aromatic heterocycles. The molecule has 0 unspecified atom stereocenters. The largest absolute Gasteiger partial charge is 0.369 e. The fourth-order valence-corrected chi connectivity index (χ4v) is 4.74. The molecule has 204 valence electrons.